The molecule has 5 rings (SSSR count). The summed E-state index contributed by atoms with van der Waals surface area (Å²) >= 11 is 1.54. The Kier molecular flexibility index (Phi) is 4.56. The zero-order valence-electron chi connectivity index (χ0n) is 15.9. The van der Waals surface area contributed by atoms with E-state index in [1.165, 1.54) is 29.5 Å². The largest absolute Gasteiger partial charge is 0.366 e. The Morgan fingerprint density at radius 2 is 1.77 bits per heavy atom. The van der Waals surface area contributed by atoms with Crippen LogP contribution in [0, 0.1) is 11.6 Å². The molecule has 152 valence electrons. The Hall–Kier alpha value is -3.91. The van der Waals surface area contributed by atoms with Gasteiger partial charge in [0.2, 0.25) is 5.91 Å². The van der Waals surface area contributed by atoms with E-state index in [9.17, 15) is 9.18 Å². The number of primary amides is 1. The molecule has 0 fully saturated rings. The molecule has 5 aromatic rings. The molecular weight excluding hydrogens is 418 g/mol. The summed E-state index contributed by atoms with van der Waals surface area (Å²) in [6.45, 7) is 0. The zero-order valence-corrected chi connectivity index (χ0v) is 16.7. The average molecular weight is 432 g/mol. The van der Waals surface area contributed by atoms with E-state index >= 15 is 4.39 Å². The topological polar surface area (TPSA) is 80.9 Å². The summed E-state index contributed by atoms with van der Waals surface area (Å²) in [4.78, 5) is 19.8. The molecule has 5 nitrogen and oxygen atoms in total. The van der Waals surface area contributed by atoms with Crippen molar-refractivity contribution in [3.8, 4) is 11.1 Å². The Labute approximate surface area is 179 Å². The Morgan fingerprint density at radius 1 is 0.935 bits per heavy atom. The number of hydrogen-bond donors (Lipinski definition) is 2. The van der Waals surface area contributed by atoms with Crippen molar-refractivity contribution in [2.75, 3.05) is 5.32 Å². The monoisotopic (exact) mass is 432 g/mol. The lowest BCUT2D eigenvalue weighted by Crippen LogP contribution is -2.11. The number of thiazole rings is 1. The first kappa shape index (κ1) is 19.1. The molecule has 0 aliphatic carbocycles. The summed E-state index contributed by atoms with van der Waals surface area (Å²) in [5.74, 6) is -2.10. The van der Waals surface area contributed by atoms with E-state index in [1.54, 1.807) is 23.8 Å². The summed E-state index contributed by atoms with van der Waals surface area (Å²) in [6, 6.07) is 14.2. The minimum Gasteiger partial charge on any atom is -0.366 e. The fourth-order valence-corrected chi connectivity index (χ4v) is 4.15. The van der Waals surface area contributed by atoms with Gasteiger partial charge in [-0.05, 0) is 48.5 Å². The van der Waals surface area contributed by atoms with Crippen LogP contribution in [0.3, 0.4) is 0 Å². The molecule has 3 N–H and O–H groups in total. The maximum absolute atomic E-state index is 15.6. The number of pyridine rings is 1. The van der Waals surface area contributed by atoms with E-state index in [0.717, 1.165) is 22.0 Å². The van der Waals surface area contributed by atoms with Gasteiger partial charge in [0.05, 0.1) is 32.3 Å². The second-order valence-electron chi connectivity index (χ2n) is 6.90. The highest BCUT2D eigenvalue weighted by Crippen LogP contribution is 2.35. The van der Waals surface area contributed by atoms with Crippen LogP contribution < -0.4 is 11.1 Å². The van der Waals surface area contributed by atoms with Crippen LogP contribution in [0.1, 0.15) is 10.4 Å². The predicted molar refractivity (Wildman–Crippen MR) is 119 cm³/mol. The van der Waals surface area contributed by atoms with E-state index in [1.807, 2.05) is 18.2 Å². The SMILES string of the molecule is NC(=O)c1ccc(-c2ccc3nccc(Nc4ccc5scnc5c4)c3c2F)c(F)c1. The van der Waals surface area contributed by atoms with Crippen molar-refractivity contribution in [2.24, 2.45) is 5.73 Å². The number of hydrogen-bond acceptors (Lipinski definition) is 5. The number of nitrogens with zero attached hydrogens (tertiary/aromatic N) is 2. The quantitative estimate of drug-likeness (QED) is 0.386. The number of nitrogens with one attached hydrogen (secondary N) is 1. The number of carbonyl (C=O) groups excluding carboxylic acids is 1. The second kappa shape index (κ2) is 7.41. The average Bonchev–Trinajstić information content (AvgIpc) is 3.22. The number of aromatic nitrogens is 2. The number of halogens is 2. The van der Waals surface area contributed by atoms with Crippen molar-refractivity contribution < 1.29 is 13.6 Å². The maximum Gasteiger partial charge on any atom is 0.248 e. The number of benzene rings is 3. The summed E-state index contributed by atoms with van der Waals surface area (Å²) in [6.07, 6.45) is 1.58. The van der Waals surface area contributed by atoms with Crippen molar-refractivity contribution in [1.82, 2.24) is 9.97 Å². The predicted octanol–water partition coefficient (Wildman–Crippen LogP) is 5.63. The van der Waals surface area contributed by atoms with Crippen molar-refractivity contribution in [1.29, 1.82) is 0 Å². The van der Waals surface area contributed by atoms with Crippen LogP contribution in [0.2, 0.25) is 0 Å². The molecule has 3 aromatic carbocycles. The van der Waals surface area contributed by atoms with Crippen LogP contribution in [0.25, 0.3) is 32.2 Å². The van der Waals surface area contributed by atoms with E-state index in [0.29, 0.717) is 11.2 Å². The lowest BCUT2D eigenvalue weighted by Gasteiger charge is -2.13. The second-order valence-corrected chi connectivity index (χ2v) is 7.78. The molecule has 0 unspecified atom stereocenters. The Balaban J connectivity index is 1.63. The van der Waals surface area contributed by atoms with Crippen LogP contribution in [-0.2, 0) is 0 Å². The van der Waals surface area contributed by atoms with Gasteiger partial charge in [-0.25, -0.2) is 13.8 Å². The van der Waals surface area contributed by atoms with Crippen molar-refractivity contribution in [3.63, 3.8) is 0 Å². The lowest BCUT2D eigenvalue weighted by molar-refractivity contribution is 0.1000. The van der Waals surface area contributed by atoms with Gasteiger partial charge in [0.15, 0.2) is 0 Å². The smallest absolute Gasteiger partial charge is 0.248 e. The number of nitrogens with two attached hydrogens (primary N) is 1. The summed E-state index contributed by atoms with van der Waals surface area (Å²) < 4.78 is 31.3. The van der Waals surface area contributed by atoms with Crippen LogP contribution >= 0.6 is 11.3 Å². The van der Waals surface area contributed by atoms with Gasteiger partial charge in [-0.3, -0.25) is 9.78 Å². The highest BCUT2D eigenvalue weighted by Gasteiger charge is 2.17. The fraction of sp³-hybridized carbons (Fsp3) is 0. The van der Waals surface area contributed by atoms with E-state index < -0.39 is 17.5 Å². The summed E-state index contributed by atoms with van der Waals surface area (Å²) in [5.41, 5.74) is 9.57. The molecule has 1 amide bonds. The molecule has 0 aliphatic rings. The molecule has 8 heteroatoms. The van der Waals surface area contributed by atoms with Gasteiger partial charge < -0.3 is 11.1 Å². The van der Waals surface area contributed by atoms with Gasteiger partial charge >= 0.3 is 0 Å². The maximum atomic E-state index is 15.6. The van der Waals surface area contributed by atoms with Gasteiger partial charge in [0, 0.05) is 28.6 Å². The minimum absolute atomic E-state index is 0.0175. The molecule has 0 saturated carbocycles. The van der Waals surface area contributed by atoms with Gasteiger partial charge in [-0.15, -0.1) is 11.3 Å². The minimum atomic E-state index is -0.753. The standard InChI is InChI=1S/C23H14F2N4OS/c24-16-9-12(23(26)30)1-3-14(16)15-4-5-17-21(22(15)25)18(7-8-27-17)29-13-2-6-20-19(10-13)28-11-31-20/h1-11H,(H2,26,30)(H,27,29). The molecule has 31 heavy (non-hydrogen) atoms. The molecule has 2 heterocycles. The summed E-state index contributed by atoms with van der Waals surface area (Å²) in [7, 11) is 0. The number of fused-ring (bicyclic) bond motifs is 2. The van der Waals surface area contributed by atoms with Gasteiger partial charge in [-0.1, -0.05) is 6.07 Å². The van der Waals surface area contributed by atoms with Crippen molar-refractivity contribution in [3.05, 3.63) is 83.5 Å². The van der Waals surface area contributed by atoms with Crippen LogP contribution in [0.15, 0.2) is 66.3 Å². The van der Waals surface area contributed by atoms with Crippen LogP contribution in [0.4, 0.5) is 20.2 Å². The van der Waals surface area contributed by atoms with Gasteiger partial charge in [-0.2, -0.15) is 0 Å². The highest BCUT2D eigenvalue weighted by molar-refractivity contribution is 7.16. The number of amides is 1. The third-order valence-electron chi connectivity index (χ3n) is 5.00. The van der Waals surface area contributed by atoms with Crippen LogP contribution in [0.5, 0.6) is 0 Å². The molecular formula is C23H14F2N4OS. The molecule has 0 atom stereocenters. The number of carbonyl (C=O) groups is 1. The normalized spacial score (nSPS) is 11.2. The first-order valence-electron chi connectivity index (χ1n) is 9.28. The zero-order chi connectivity index (χ0) is 21.5. The molecule has 2 aromatic heterocycles. The number of rotatable bonds is 4. The van der Waals surface area contributed by atoms with E-state index in [-0.39, 0.29) is 22.1 Å². The van der Waals surface area contributed by atoms with E-state index in [4.69, 9.17) is 5.73 Å². The highest BCUT2D eigenvalue weighted by atomic mass is 32.1. The fourth-order valence-electron chi connectivity index (χ4n) is 3.50. The summed E-state index contributed by atoms with van der Waals surface area (Å²) in [5, 5.41) is 3.45. The van der Waals surface area contributed by atoms with Gasteiger partial charge in [0.25, 0.3) is 0 Å². The Bertz CT molecular complexity index is 1480. The van der Waals surface area contributed by atoms with Gasteiger partial charge in [0.1, 0.15) is 11.6 Å². The first-order valence-corrected chi connectivity index (χ1v) is 10.2. The Morgan fingerprint density at radius 3 is 2.58 bits per heavy atom. The first-order chi connectivity index (χ1) is 15.0. The van der Waals surface area contributed by atoms with Crippen LogP contribution in [-0.4, -0.2) is 15.9 Å². The van der Waals surface area contributed by atoms with Crippen molar-refractivity contribution in [2.45, 2.75) is 0 Å². The molecule has 0 saturated heterocycles. The molecule has 0 spiro atoms. The molecule has 0 bridgehead atoms. The molecule has 0 aliphatic heterocycles. The van der Waals surface area contributed by atoms with E-state index in [2.05, 4.69) is 15.3 Å². The van der Waals surface area contributed by atoms with Crippen molar-refractivity contribution >= 4 is 49.7 Å². The number of anilines is 2. The molecule has 0 radical (unpaired) electrons. The lowest BCUT2D eigenvalue weighted by atomic mass is 9.99. The third kappa shape index (κ3) is 3.36. The third-order valence-corrected chi connectivity index (χ3v) is 5.81.